The van der Waals surface area contributed by atoms with Gasteiger partial charge in [-0.3, -0.25) is 0 Å². The molecule has 0 radical (unpaired) electrons. The quantitative estimate of drug-likeness (QED) is 0.654. The average Bonchev–Trinajstić information content (AvgIpc) is 2.48. The minimum absolute atomic E-state index is 0.448. The van der Waals surface area contributed by atoms with Gasteiger partial charge in [-0.25, -0.2) is 4.99 Å². The van der Waals surface area contributed by atoms with Crippen LogP contribution < -0.4 is 15.8 Å². The maximum atomic E-state index is 5.95. The number of hydrogen-bond acceptors (Lipinski definition) is 2. The number of nitrogens with zero attached hydrogens (tertiary/aromatic N) is 1. The van der Waals surface area contributed by atoms with Crippen molar-refractivity contribution in [3.05, 3.63) is 59.7 Å². The monoisotopic (exact) mass is 283 g/mol. The molecule has 0 aromatic heterocycles. The van der Waals surface area contributed by atoms with Crippen molar-refractivity contribution < 1.29 is 4.74 Å². The summed E-state index contributed by atoms with van der Waals surface area (Å²) >= 11 is 0. The van der Waals surface area contributed by atoms with E-state index in [2.05, 4.69) is 10.3 Å². The van der Waals surface area contributed by atoms with Gasteiger partial charge in [-0.1, -0.05) is 30.3 Å². The van der Waals surface area contributed by atoms with Crippen molar-refractivity contribution in [2.24, 2.45) is 10.7 Å². The van der Waals surface area contributed by atoms with Gasteiger partial charge in [0.05, 0.1) is 6.54 Å². The van der Waals surface area contributed by atoms with Gasteiger partial charge in [0, 0.05) is 12.1 Å². The lowest BCUT2D eigenvalue weighted by atomic mass is 10.1. The van der Waals surface area contributed by atoms with Crippen LogP contribution in [0.25, 0.3) is 0 Å². The van der Waals surface area contributed by atoms with Gasteiger partial charge >= 0.3 is 0 Å². The molecule has 2 aromatic carbocycles. The van der Waals surface area contributed by atoms with Crippen LogP contribution in [0.4, 0.5) is 0 Å². The summed E-state index contributed by atoms with van der Waals surface area (Å²) in [5.41, 5.74) is 7.91. The number of aliphatic imine (C=N–C) groups is 1. The van der Waals surface area contributed by atoms with Crippen molar-refractivity contribution in [2.45, 2.75) is 20.4 Å². The molecule has 0 saturated heterocycles. The summed E-state index contributed by atoms with van der Waals surface area (Å²) in [7, 11) is 0. The third-order valence-corrected chi connectivity index (χ3v) is 2.97. The molecule has 0 aliphatic heterocycles. The predicted octanol–water partition coefficient (Wildman–Crippen LogP) is 3.21. The van der Waals surface area contributed by atoms with Gasteiger partial charge in [0.25, 0.3) is 0 Å². The molecular formula is C17H21N3O. The van der Waals surface area contributed by atoms with E-state index in [0.717, 1.165) is 29.2 Å². The number of para-hydroxylation sites is 1. The highest BCUT2D eigenvalue weighted by molar-refractivity contribution is 5.77. The number of nitrogens with one attached hydrogen (secondary N) is 1. The molecule has 0 heterocycles. The molecule has 0 aliphatic carbocycles. The number of aryl methyl sites for hydroxylation is 1. The Kier molecular flexibility index (Phi) is 5.21. The van der Waals surface area contributed by atoms with Crippen molar-refractivity contribution in [3.8, 4) is 11.5 Å². The largest absolute Gasteiger partial charge is 0.457 e. The molecule has 2 rings (SSSR count). The lowest BCUT2D eigenvalue weighted by Crippen LogP contribution is -2.31. The Morgan fingerprint density at radius 3 is 2.67 bits per heavy atom. The van der Waals surface area contributed by atoms with Gasteiger partial charge in [0.1, 0.15) is 11.5 Å². The Hall–Kier alpha value is -2.49. The maximum absolute atomic E-state index is 5.95. The van der Waals surface area contributed by atoms with Gasteiger partial charge in [0.15, 0.2) is 5.96 Å². The van der Waals surface area contributed by atoms with E-state index < -0.39 is 0 Å². The van der Waals surface area contributed by atoms with E-state index in [9.17, 15) is 0 Å². The Labute approximate surface area is 125 Å². The molecular weight excluding hydrogens is 262 g/mol. The predicted molar refractivity (Wildman–Crippen MR) is 86.7 cm³/mol. The van der Waals surface area contributed by atoms with Crippen LogP contribution in [0.3, 0.4) is 0 Å². The summed E-state index contributed by atoms with van der Waals surface area (Å²) in [5.74, 6) is 2.07. The summed E-state index contributed by atoms with van der Waals surface area (Å²) in [6.07, 6.45) is 0. The molecule has 4 nitrogen and oxygen atoms in total. The molecule has 21 heavy (non-hydrogen) atoms. The summed E-state index contributed by atoms with van der Waals surface area (Å²) < 4.78 is 5.95. The highest BCUT2D eigenvalue weighted by Crippen LogP contribution is 2.27. The number of guanidine groups is 1. The summed E-state index contributed by atoms with van der Waals surface area (Å²) in [5, 5.41) is 2.98. The van der Waals surface area contributed by atoms with E-state index in [-0.39, 0.29) is 0 Å². The summed E-state index contributed by atoms with van der Waals surface area (Å²) in [4.78, 5) is 4.32. The molecule has 0 amide bonds. The zero-order valence-electron chi connectivity index (χ0n) is 12.5. The number of hydrogen-bond donors (Lipinski definition) is 2. The number of benzene rings is 2. The van der Waals surface area contributed by atoms with Gasteiger partial charge in [-0.15, -0.1) is 0 Å². The van der Waals surface area contributed by atoms with Gasteiger partial charge < -0.3 is 15.8 Å². The Balaban J connectivity index is 2.19. The van der Waals surface area contributed by atoms with Crippen molar-refractivity contribution in [1.29, 1.82) is 0 Å². The normalized spacial score (nSPS) is 11.2. The minimum Gasteiger partial charge on any atom is -0.457 e. The lowest BCUT2D eigenvalue weighted by Gasteiger charge is -2.11. The fourth-order valence-corrected chi connectivity index (χ4v) is 1.91. The molecule has 0 fully saturated rings. The van der Waals surface area contributed by atoms with Crippen LogP contribution in [0, 0.1) is 6.92 Å². The second-order valence-electron chi connectivity index (χ2n) is 4.76. The van der Waals surface area contributed by atoms with Crippen LogP contribution >= 0.6 is 0 Å². The fourth-order valence-electron chi connectivity index (χ4n) is 1.91. The van der Waals surface area contributed by atoms with Crippen molar-refractivity contribution in [2.75, 3.05) is 6.54 Å². The third kappa shape index (κ3) is 4.53. The Bertz CT molecular complexity index is 609. The number of nitrogens with two attached hydrogens (primary N) is 1. The topological polar surface area (TPSA) is 59.6 Å². The van der Waals surface area contributed by atoms with Gasteiger partial charge in [0.2, 0.25) is 0 Å². The summed E-state index contributed by atoms with van der Waals surface area (Å²) in [6.45, 7) is 5.27. The molecule has 0 atom stereocenters. The third-order valence-electron chi connectivity index (χ3n) is 2.97. The second-order valence-corrected chi connectivity index (χ2v) is 4.76. The fraction of sp³-hybridized carbons (Fsp3) is 0.235. The molecule has 0 aliphatic rings. The zero-order valence-corrected chi connectivity index (χ0v) is 12.5. The first-order valence-electron chi connectivity index (χ1n) is 7.05. The van der Waals surface area contributed by atoms with Gasteiger partial charge in [-0.2, -0.15) is 0 Å². The van der Waals surface area contributed by atoms with Crippen LogP contribution in [0.15, 0.2) is 53.5 Å². The Morgan fingerprint density at radius 1 is 1.19 bits per heavy atom. The van der Waals surface area contributed by atoms with Crippen LogP contribution in [-0.2, 0) is 6.54 Å². The molecule has 0 bridgehead atoms. The van der Waals surface area contributed by atoms with Crippen LogP contribution in [0.5, 0.6) is 11.5 Å². The van der Waals surface area contributed by atoms with E-state index in [1.807, 2.05) is 62.4 Å². The van der Waals surface area contributed by atoms with E-state index >= 15 is 0 Å². The molecule has 4 heteroatoms. The molecule has 110 valence electrons. The number of rotatable bonds is 5. The molecule has 0 unspecified atom stereocenters. The van der Waals surface area contributed by atoms with E-state index in [1.165, 1.54) is 0 Å². The zero-order chi connectivity index (χ0) is 15.1. The molecule has 3 N–H and O–H groups in total. The van der Waals surface area contributed by atoms with Crippen LogP contribution in [0.1, 0.15) is 18.1 Å². The van der Waals surface area contributed by atoms with Gasteiger partial charge in [-0.05, 0) is 37.6 Å². The van der Waals surface area contributed by atoms with Crippen molar-refractivity contribution >= 4 is 5.96 Å². The van der Waals surface area contributed by atoms with Crippen molar-refractivity contribution in [1.82, 2.24) is 5.32 Å². The Morgan fingerprint density at radius 2 is 1.95 bits per heavy atom. The lowest BCUT2D eigenvalue weighted by molar-refractivity contribution is 0.476. The van der Waals surface area contributed by atoms with Crippen LogP contribution in [0.2, 0.25) is 0 Å². The minimum atomic E-state index is 0.448. The first-order chi connectivity index (χ1) is 10.2. The first kappa shape index (κ1) is 14.9. The second kappa shape index (κ2) is 7.33. The highest BCUT2D eigenvalue weighted by atomic mass is 16.5. The highest BCUT2D eigenvalue weighted by Gasteiger charge is 2.05. The molecule has 0 spiro atoms. The van der Waals surface area contributed by atoms with Crippen LogP contribution in [-0.4, -0.2) is 12.5 Å². The first-order valence-corrected chi connectivity index (χ1v) is 7.05. The number of ether oxygens (including phenoxy) is 1. The van der Waals surface area contributed by atoms with Crippen molar-refractivity contribution in [3.63, 3.8) is 0 Å². The smallest absolute Gasteiger partial charge is 0.188 e. The van der Waals surface area contributed by atoms with E-state index in [4.69, 9.17) is 10.5 Å². The van der Waals surface area contributed by atoms with E-state index in [1.54, 1.807) is 0 Å². The standard InChI is InChI=1S/C17H21N3O/c1-3-19-17(18)20-12-14-10-9-13(2)11-16(14)21-15-7-5-4-6-8-15/h4-11H,3,12H2,1-2H3,(H3,18,19,20). The average molecular weight is 283 g/mol. The molecule has 0 saturated carbocycles. The SMILES string of the molecule is CCNC(N)=NCc1ccc(C)cc1Oc1ccccc1. The molecule has 2 aromatic rings. The maximum Gasteiger partial charge on any atom is 0.188 e. The van der Waals surface area contributed by atoms with E-state index in [0.29, 0.717) is 12.5 Å². The summed E-state index contributed by atoms with van der Waals surface area (Å²) in [6, 6.07) is 15.8.